The highest BCUT2D eigenvalue weighted by molar-refractivity contribution is 9.10. The van der Waals surface area contributed by atoms with Gasteiger partial charge in [-0.05, 0) is 62.5 Å². The Hall–Kier alpha value is -2.45. The highest BCUT2D eigenvalue weighted by atomic mass is 79.9. The van der Waals surface area contributed by atoms with Crippen molar-refractivity contribution in [3.8, 4) is 5.75 Å². The van der Waals surface area contributed by atoms with Crippen LogP contribution in [0.1, 0.15) is 52.2 Å². The molecule has 0 aromatic heterocycles. The normalized spacial score (nSPS) is 12.1. The SMILES string of the molecule is CC(C)(C)CC(C)(C)c1cc(Br)c(OCC(=O)N/N=C/c2ccc(Cl)cc2)c([N+](=O)[O-])c1. The van der Waals surface area contributed by atoms with Crippen molar-refractivity contribution in [2.24, 2.45) is 10.5 Å². The summed E-state index contributed by atoms with van der Waals surface area (Å²) in [5.74, 6) is -0.546. The number of benzene rings is 2. The molecule has 0 saturated heterocycles. The first-order valence-electron chi connectivity index (χ1n) is 9.97. The number of halogens is 2. The third-order valence-electron chi connectivity index (χ3n) is 4.59. The second-order valence-corrected chi connectivity index (χ2v) is 10.6. The van der Waals surface area contributed by atoms with Gasteiger partial charge in [-0.25, -0.2) is 5.43 Å². The van der Waals surface area contributed by atoms with E-state index in [1.54, 1.807) is 24.3 Å². The molecule has 32 heavy (non-hydrogen) atoms. The minimum atomic E-state index is -0.548. The third-order valence-corrected chi connectivity index (χ3v) is 5.44. The van der Waals surface area contributed by atoms with Gasteiger partial charge in [0.2, 0.25) is 5.75 Å². The number of carbonyl (C=O) groups is 1. The molecular formula is C23H27BrClN3O4. The minimum Gasteiger partial charge on any atom is -0.476 e. The van der Waals surface area contributed by atoms with Crippen molar-refractivity contribution in [3.05, 3.63) is 67.1 Å². The smallest absolute Gasteiger partial charge is 0.312 e. The summed E-state index contributed by atoms with van der Waals surface area (Å²) >= 11 is 9.20. The summed E-state index contributed by atoms with van der Waals surface area (Å²) in [4.78, 5) is 23.3. The van der Waals surface area contributed by atoms with E-state index in [1.165, 1.54) is 12.3 Å². The molecule has 0 heterocycles. The van der Waals surface area contributed by atoms with Crippen molar-refractivity contribution >= 4 is 45.3 Å². The molecule has 0 aliphatic rings. The van der Waals surface area contributed by atoms with E-state index in [4.69, 9.17) is 16.3 Å². The number of nitrogens with one attached hydrogen (secondary N) is 1. The van der Waals surface area contributed by atoms with E-state index in [0.717, 1.165) is 17.5 Å². The number of hydrogen-bond donors (Lipinski definition) is 1. The van der Waals surface area contributed by atoms with Crippen LogP contribution in [0.5, 0.6) is 5.75 Å². The molecule has 9 heteroatoms. The standard InChI is InChI=1S/C23H27BrClN3O4/c1-22(2,3)14-23(4,5)16-10-18(24)21(19(11-16)28(30)31)32-13-20(29)27-26-12-15-6-8-17(25)9-7-15/h6-12H,13-14H2,1-5H3,(H,27,29)/b26-12+. The van der Waals surface area contributed by atoms with E-state index < -0.39 is 17.4 Å². The van der Waals surface area contributed by atoms with E-state index in [1.807, 2.05) is 6.07 Å². The van der Waals surface area contributed by atoms with Gasteiger partial charge in [0.05, 0.1) is 15.6 Å². The number of nitro groups is 1. The summed E-state index contributed by atoms with van der Waals surface area (Å²) in [6, 6.07) is 10.2. The second-order valence-electron chi connectivity index (χ2n) is 9.32. The number of hydrazone groups is 1. The van der Waals surface area contributed by atoms with Gasteiger partial charge in [0.15, 0.2) is 6.61 Å². The average Bonchev–Trinajstić information content (AvgIpc) is 2.66. The maximum Gasteiger partial charge on any atom is 0.312 e. The van der Waals surface area contributed by atoms with Gasteiger partial charge in [-0.15, -0.1) is 0 Å². The number of amides is 1. The predicted octanol–water partition coefficient (Wildman–Crippen LogP) is 6.25. The lowest BCUT2D eigenvalue weighted by Gasteiger charge is -2.33. The fraction of sp³-hybridized carbons (Fsp3) is 0.391. The Bertz CT molecular complexity index is 1020. The number of carbonyl (C=O) groups excluding carboxylic acids is 1. The molecule has 0 aliphatic carbocycles. The Kier molecular flexibility index (Phi) is 8.42. The van der Waals surface area contributed by atoms with Gasteiger partial charge in [0.1, 0.15) is 0 Å². The van der Waals surface area contributed by atoms with Crippen LogP contribution in [0.4, 0.5) is 5.69 Å². The topological polar surface area (TPSA) is 93.8 Å². The Morgan fingerprint density at radius 3 is 2.41 bits per heavy atom. The number of nitro benzene ring substituents is 1. The highest BCUT2D eigenvalue weighted by Gasteiger charge is 2.31. The summed E-state index contributed by atoms with van der Waals surface area (Å²) in [5, 5.41) is 16.2. The molecule has 0 bridgehead atoms. The van der Waals surface area contributed by atoms with Crippen LogP contribution < -0.4 is 10.2 Å². The van der Waals surface area contributed by atoms with Crippen LogP contribution in [0.25, 0.3) is 0 Å². The van der Waals surface area contributed by atoms with E-state index in [9.17, 15) is 14.9 Å². The van der Waals surface area contributed by atoms with Crippen LogP contribution in [-0.4, -0.2) is 23.7 Å². The molecule has 7 nitrogen and oxygen atoms in total. The summed E-state index contributed by atoms with van der Waals surface area (Å²) in [7, 11) is 0. The Labute approximate surface area is 201 Å². The lowest BCUT2D eigenvalue weighted by Crippen LogP contribution is -2.26. The fourth-order valence-corrected chi connectivity index (χ4v) is 4.26. The molecule has 2 aromatic carbocycles. The van der Waals surface area contributed by atoms with Gasteiger partial charge in [0, 0.05) is 11.1 Å². The van der Waals surface area contributed by atoms with Gasteiger partial charge in [-0.3, -0.25) is 14.9 Å². The molecule has 2 aromatic rings. The third kappa shape index (κ3) is 7.60. The van der Waals surface area contributed by atoms with Crippen LogP contribution in [0.3, 0.4) is 0 Å². The van der Waals surface area contributed by atoms with Crippen molar-refractivity contribution in [3.63, 3.8) is 0 Å². The van der Waals surface area contributed by atoms with E-state index >= 15 is 0 Å². The number of rotatable bonds is 8. The van der Waals surface area contributed by atoms with Crippen molar-refractivity contribution in [2.75, 3.05) is 6.61 Å². The molecule has 1 N–H and O–H groups in total. The van der Waals surface area contributed by atoms with Gasteiger partial charge >= 0.3 is 5.69 Å². The molecule has 172 valence electrons. The Morgan fingerprint density at radius 2 is 1.84 bits per heavy atom. The zero-order valence-electron chi connectivity index (χ0n) is 18.7. The molecule has 0 unspecified atom stereocenters. The van der Waals surface area contributed by atoms with Crippen molar-refractivity contribution in [1.29, 1.82) is 0 Å². The van der Waals surface area contributed by atoms with Crippen LogP contribution >= 0.6 is 27.5 Å². The lowest BCUT2D eigenvalue weighted by molar-refractivity contribution is -0.386. The van der Waals surface area contributed by atoms with Gasteiger partial charge in [0.25, 0.3) is 5.91 Å². The molecule has 2 rings (SSSR count). The Morgan fingerprint density at radius 1 is 1.22 bits per heavy atom. The average molecular weight is 525 g/mol. The van der Waals surface area contributed by atoms with E-state index in [0.29, 0.717) is 9.50 Å². The van der Waals surface area contributed by atoms with Gasteiger partial charge < -0.3 is 4.74 Å². The Balaban J connectivity index is 2.13. The van der Waals surface area contributed by atoms with Crippen LogP contribution in [-0.2, 0) is 10.2 Å². The van der Waals surface area contributed by atoms with E-state index in [-0.39, 0.29) is 22.3 Å². The van der Waals surface area contributed by atoms with Crippen LogP contribution in [0, 0.1) is 15.5 Å². The first-order valence-corrected chi connectivity index (χ1v) is 11.1. The lowest BCUT2D eigenvalue weighted by atomic mass is 9.72. The van der Waals surface area contributed by atoms with Crippen LogP contribution in [0.15, 0.2) is 46.0 Å². The maximum absolute atomic E-state index is 12.1. The molecule has 0 spiro atoms. The largest absolute Gasteiger partial charge is 0.476 e. The number of hydrogen-bond acceptors (Lipinski definition) is 5. The van der Waals surface area contributed by atoms with Crippen molar-refractivity contribution < 1.29 is 14.5 Å². The number of ether oxygens (including phenoxy) is 1. The summed E-state index contributed by atoms with van der Waals surface area (Å²) in [5.41, 5.74) is 3.45. The predicted molar refractivity (Wildman–Crippen MR) is 131 cm³/mol. The monoisotopic (exact) mass is 523 g/mol. The summed E-state index contributed by atoms with van der Waals surface area (Å²) in [6.07, 6.45) is 2.29. The molecule has 0 atom stereocenters. The first-order chi connectivity index (χ1) is 14.8. The molecule has 0 radical (unpaired) electrons. The molecule has 1 amide bonds. The van der Waals surface area contributed by atoms with Gasteiger partial charge in [-0.2, -0.15) is 5.10 Å². The fourth-order valence-electron chi connectivity index (χ4n) is 3.57. The number of nitrogens with zero attached hydrogens (tertiary/aromatic N) is 2. The second kappa shape index (κ2) is 10.4. The molecule has 0 saturated carbocycles. The summed E-state index contributed by atoms with van der Waals surface area (Å²) in [6.45, 7) is 10.1. The highest BCUT2D eigenvalue weighted by Crippen LogP contribution is 2.43. The first kappa shape index (κ1) is 25.8. The molecule has 0 aliphatic heterocycles. The summed E-state index contributed by atoms with van der Waals surface area (Å²) < 4.78 is 5.90. The van der Waals surface area contributed by atoms with Crippen LogP contribution in [0.2, 0.25) is 5.02 Å². The van der Waals surface area contributed by atoms with Crippen molar-refractivity contribution in [1.82, 2.24) is 5.43 Å². The molecular weight excluding hydrogens is 498 g/mol. The zero-order valence-corrected chi connectivity index (χ0v) is 21.1. The minimum absolute atomic E-state index is 0.00198. The van der Waals surface area contributed by atoms with Crippen molar-refractivity contribution in [2.45, 2.75) is 46.5 Å². The van der Waals surface area contributed by atoms with Gasteiger partial charge in [-0.1, -0.05) is 58.4 Å². The van der Waals surface area contributed by atoms with E-state index in [2.05, 4.69) is 61.1 Å². The quantitative estimate of drug-likeness (QED) is 0.251. The maximum atomic E-state index is 12.1. The molecule has 0 fully saturated rings. The zero-order chi connectivity index (χ0) is 24.1.